The van der Waals surface area contributed by atoms with Gasteiger partial charge in [0.2, 0.25) is 0 Å². The average molecular weight is 434 g/mol. The molecule has 9 heteroatoms. The number of hydrazone groups is 1. The lowest BCUT2D eigenvalue weighted by Crippen LogP contribution is -2.24. The van der Waals surface area contributed by atoms with Crippen LogP contribution in [0.15, 0.2) is 53.6 Å². The number of amides is 2. The molecule has 9 nitrogen and oxygen atoms in total. The van der Waals surface area contributed by atoms with Gasteiger partial charge < -0.3 is 20.1 Å². The highest BCUT2D eigenvalue weighted by Crippen LogP contribution is 2.22. The van der Waals surface area contributed by atoms with Crippen LogP contribution >= 0.6 is 0 Å². The van der Waals surface area contributed by atoms with Crippen molar-refractivity contribution in [2.45, 2.75) is 20.8 Å². The summed E-state index contributed by atoms with van der Waals surface area (Å²) in [4.78, 5) is 34.9. The third-order valence-corrected chi connectivity index (χ3v) is 4.79. The lowest BCUT2D eigenvalue weighted by molar-refractivity contribution is 0.0696. The van der Waals surface area contributed by atoms with Crippen molar-refractivity contribution in [3.8, 4) is 5.69 Å². The third-order valence-electron chi connectivity index (χ3n) is 4.79. The van der Waals surface area contributed by atoms with Crippen LogP contribution in [0.25, 0.3) is 5.69 Å². The molecule has 0 saturated heterocycles. The molecule has 4 N–H and O–H groups in total. The molecule has 0 bridgehead atoms. The number of anilines is 1. The molecule has 1 aromatic heterocycles. The summed E-state index contributed by atoms with van der Waals surface area (Å²) in [6.07, 6.45) is 1.47. The molecular weight excluding hydrogens is 412 g/mol. The van der Waals surface area contributed by atoms with E-state index in [0.717, 1.165) is 17.3 Å². The highest BCUT2D eigenvalue weighted by atomic mass is 16.4. The van der Waals surface area contributed by atoms with Gasteiger partial charge in [-0.3, -0.25) is 0 Å². The molecule has 2 amide bonds. The van der Waals surface area contributed by atoms with Crippen LogP contribution in [0.3, 0.4) is 0 Å². The molecule has 0 atom stereocenters. The maximum absolute atomic E-state index is 12.0. The quantitative estimate of drug-likeness (QED) is 0.344. The van der Waals surface area contributed by atoms with Crippen molar-refractivity contribution in [3.05, 3.63) is 82.2 Å². The van der Waals surface area contributed by atoms with Crippen molar-refractivity contribution in [2.75, 3.05) is 5.32 Å². The molecule has 2 aromatic carbocycles. The summed E-state index contributed by atoms with van der Waals surface area (Å²) in [5.74, 6) is -2.44. The van der Waals surface area contributed by atoms with Crippen LogP contribution in [0.4, 0.5) is 10.5 Å². The SMILES string of the molecule is Cc1cccc(NC(=O)N/N=C/c2cc(C)n(-c3cc(C(=O)O)cc(C(=O)O)c3)c2C)c1. The molecule has 32 heavy (non-hydrogen) atoms. The van der Waals surface area contributed by atoms with Gasteiger partial charge in [-0.1, -0.05) is 12.1 Å². The first-order valence-electron chi connectivity index (χ1n) is 9.63. The number of urea groups is 1. The Morgan fingerprint density at radius 2 is 1.59 bits per heavy atom. The highest BCUT2D eigenvalue weighted by molar-refractivity contribution is 5.95. The molecule has 3 rings (SSSR count). The second kappa shape index (κ2) is 9.17. The van der Waals surface area contributed by atoms with Crippen molar-refractivity contribution >= 4 is 29.9 Å². The summed E-state index contributed by atoms with van der Waals surface area (Å²) in [6.45, 7) is 5.51. The molecule has 0 aliphatic heterocycles. The fourth-order valence-electron chi connectivity index (χ4n) is 3.35. The van der Waals surface area contributed by atoms with E-state index in [1.54, 1.807) is 30.5 Å². The molecule has 3 aromatic rings. The first kappa shape index (κ1) is 22.3. The van der Waals surface area contributed by atoms with Crippen LogP contribution in [0, 0.1) is 20.8 Å². The van der Waals surface area contributed by atoms with Gasteiger partial charge in [0.25, 0.3) is 0 Å². The van der Waals surface area contributed by atoms with E-state index < -0.39 is 18.0 Å². The largest absolute Gasteiger partial charge is 0.478 e. The smallest absolute Gasteiger partial charge is 0.339 e. The van der Waals surface area contributed by atoms with Gasteiger partial charge in [-0.15, -0.1) is 0 Å². The summed E-state index contributed by atoms with van der Waals surface area (Å²) < 4.78 is 1.73. The fraction of sp³-hybridized carbons (Fsp3) is 0.130. The number of hydrogen-bond donors (Lipinski definition) is 4. The van der Waals surface area contributed by atoms with Crippen LogP contribution in [-0.4, -0.2) is 39.0 Å². The minimum atomic E-state index is -1.22. The number of carboxylic acid groups (broad SMARTS) is 2. The Labute approximate surface area is 184 Å². The summed E-state index contributed by atoms with van der Waals surface area (Å²) in [5, 5.41) is 25.3. The standard InChI is InChI=1S/C23H22N4O5/c1-13-5-4-6-19(7-13)25-23(32)26-24-12-18-8-14(2)27(15(18)3)20-10-16(21(28)29)9-17(11-20)22(30)31/h4-12H,1-3H3,(H,28,29)(H,30,31)(H2,25,26,32)/b24-12+. The van der Waals surface area contributed by atoms with E-state index in [4.69, 9.17) is 0 Å². The summed E-state index contributed by atoms with van der Waals surface area (Å²) in [7, 11) is 0. The van der Waals surface area contributed by atoms with Crippen LogP contribution in [-0.2, 0) is 0 Å². The number of carboxylic acids is 2. The third kappa shape index (κ3) is 5.01. The molecule has 0 radical (unpaired) electrons. The van der Waals surface area contributed by atoms with Crippen molar-refractivity contribution in [3.63, 3.8) is 0 Å². The molecule has 0 aliphatic rings. The van der Waals surface area contributed by atoms with Crippen LogP contribution < -0.4 is 10.7 Å². The molecule has 0 aliphatic carbocycles. The van der Waals surface area contributed by atoms with Crippen LogP contribution in [0.1, 0.15) is 43.2 Å². The van der Waals surface area contributed by atoms with Gasteiger partial charge >= 0.3 is 18.0 Å². The number of rotatable bonds is 6. The Kier molecular flexibility index (Phi) is 6.39. The molecule has 0 spiro atoms. The average Bonchev–Trinajstić information content (AvgIpc) is 3.00. The predicted octanol–water partition coefficient (Wildman–Crippen LogP) is 3.95. The van der Waals surface area contributed by atoms with E-state index in [-0.39, 0.29) is 11.1 Å². The second-order valence-corrected chi connectivity index (χ2v) is 7.23. The lowest BCUT2D eigenvalue weighted by atomic mass is 10.1. The Hall–Kier alpha value is -4.40. The topological polar surface area (TPSA) is 133 Å². The van der Waals surface area contributed by atoms with E-state index in [0.29, 0.717) is 22.6 Å². The Morgan fingerprint density at radius 1 is 0.938 bits per heavy atom. The first-order valence-corrected chi connectivity index (χ1v) is 9.63. The highest BCUT2D eigenvalue weighted by Gasteiger charge is 2.16. The zero-order valence-corrected chi connectivity index (χ0v) is 17.7. The summed E-state index contributed by atoms with van der Waals surface area (Å²) in [6, 6.07) is 12.6. The van der Waals surface area contributed by atoms with E-state index in [9.17, 15) is 24.6 Å². The molecule has 0 unspecified atom stereocenters. The van der Waals surface area contributed by atoms with E-state index in [2.05, 4.69) is 15.8 Å². The molecule has 164 valence electrons. The Bertz CT molecular complexity index is 1210. The normalized spacial score (nSPS) is 10.8. The van der Waals surface area contributed by atoms with E-state index in [1.165, 1.54) is 18.3 Å². The number of carbonyl (C=O) groups is 3. The van der Waals surface area contributed by atoms with Gasteiger partial charge in [0.05, 0.1) is 17.3 Å². The van der Waals surface area contributed by atoms with Crippen LogP contribution in [0.5, 0.6) is 0 Å². The number of aryl methyl sites for hydroxylation is 2. The van der Waals surface area contributed by atoms with Gasteiger partial charge in [0.1, 0.15) is 0 Å². The minimum absolute atomic E-state index is 0.128. The Balaban J connectivity index is 1.83. The van der Waals surface area contributed by atoms with E-state index in [1.807, 2.05) is 25.1 Å². The summed E-state index contributed by atoms with van der Waals surface area (Å²) >= 11 is 0. The van der Waals surface area contributed by atoms with Crippen molar-refractivity contribution in [1.82, 2.24) is 9.99 Å². The van der Waals surface area contributed by atoms with Gasteiger partial charge in [0, 0.05) is 28.3 Å². The van der Waals surface area contributed by atoms with E-state index >= 15 is 0 Å². The zero-order valence-electron chi connectivity index (χ0n) is 17.7. The maximum Gasteiger partial charge on any atom is 0.339 e. The number of nitrogens with zero attached hydrogens (tertiary/aromatic N) is 2. The molecule has 1 heterocycles. The van der Waals surface area contributed by atoms with Gasteiger partial charge in [-0.25, -0.2) is 19.8 Å². The van der Waals surface area contributed by atoms with Crippen molar-refractivity contribution in [1.29, 1.82) is 0 Å². The fourth-order valence-corrected chi connectivity index (χ4v) is 3.35. The number of aromatic carboxylic acids is 2. The molecular formula is C23H22N4O5. The van der Waals surface area contributed by atoms with Crippen LogP contribution in [0.2, 0.25) is 0 Å². The van der Waals surface area contributed by atoms with Gasteiger partial charge in [-0.2, -0.15) is 5.10 Å². The van der Waals surface area contributed by atoms with Crippen molar-refractivity contribution < 1.29 is 24.6 Å². The number of nitrogens with one attached hydrogen (secondary N) is 2. The predicted molar refractivity (Wildman–Crippen MR) is 120 cm³/mol. The van der Waals surface area contributed by atoms with Gasteiger partial charge in [0.15, 0.2) is 0 Å². The zero-order chi connectivity index (χ0) is 23.4. The number of hydrogen-bond acceptors (Lipinski definition) is 4. The summed E-state index contributed by atoms with van der Waals surface area (Å²) in [5.41, 5.74) is 6.32. The van der Waals surface area contributed by atoms with Crippen molar-refractivity contribution in [2.24, 2.45) is 5.10 Å². The molecule has 0 saturated carbocycles. The second-order valence-electron chi connectivity index (χ2n) is 7.23. The monoisotopic (exact) mass is 434 g/mol. The first-order chi connectivity index (χ1) is 15.2. The minimum Gasteiger partial charge on any atom is -0.478 e. The number of carbonyl (C=O) groups excluding carboxylic acids is 1. The maximum atomic E-state index is 12.0. The number of aromatic nitrogens is 1. The lowest BCUT2D eigenvalue weighted by Gasteiger charge is -2.12. The number of benzene rings is 2. The Morgan fingerprint density at radius 3 is 2.19 bits per heavy atom. The van der Waals surface area contributed by atoms with Gasteiger partial charge in [-0.05, 0) is 62.7 Å². The molecule has 0 fully saturated rings.